The highest BCUT2D eigenvalue weighted by Gasteiger charge is 2.35. The lowest BCUT2D eigenvalue weighted by atomic mass is 10.2. The maximum atomic E-state index is 11.5. The van der Waals surface area contributed by atoms with Gasteiger partial charge in [-0.15, -0.1) is 0 Å². The topological polar surface area (TPSA) is 88.1 Å². The van der Waals surface area contributed by atoms with Crippen LogP contribution in [0.5, 0.6) is 0 Å². The Kier molecular flexibility index (Phi) is 5.71. The van der Waals surface area contributed by atoms with Crippen molar-refractivity contribution in [1.82, 2.24) is 0 Å². The monoisotopic (exact) mass is 316 g/mol. The van der Waals surface area contributed by atoms with Crippen molar-refractivity contribution in [3.63, 3.8) is 0 Å². The highest BCUT2D eigenvalue weighted by atomic mass is 35.7. The van der Waals surface area contributed by atoms with Crippen LogP contribution in [0.2, 0.25) is 0 Å². The molecule has 0 aliphatic carbocycles. The highest BCUT2D eigenvalue weighted by molar-refractivity contribution is 7.82. The van der Waals surface area contributed by atoms with Crippen LogP contribution in [-0.4, -0.2) is 23.5 Å². The van der Waals surface area contributed by atoms with Crippen molar-refractivity contribution in [2.75, 3.05) is 0 Å². The number of carbonyl (C=O) groups excluding carboxylic acids is 2. The molecular weight excluding hydrogens is 299 g/mol. The molecule has 0 spiro atoms. The molecule has 0 saturated carbocycles. The van der Waals surface area contributed by atoms with Crippen molar-refractivity contribution in [1.29, 1.82) is 0 Å². The summed E-state index contributed by atoms with van der Waals surface area (Å²) in [5.74, 6) is 0. The van der Waals surface area contributed by atoms with Crippen LogP contribution in [0.25, 0.3) is 0 Å². The number of halogens is 1. The summed E-state index contributed by atoms with van der Waals surface area (Å²) in [7, 11) is 0. The molecule has 0 aromatic rings. The second kappa shape index (κ2) is 6.01. The van der Waals surface area contributed by atoms with E-state index >= 15 is 0 Å². The van der Waals surface area contributed by atoms with E-state index in [2.05, 4.69) is 9.05 Å². The first-order chi connectivity index (χ1) is 8.20. The van der Waals surface area contributed by atoms with E-state index in [1.54, 1.807) is 41.5 Å². The first-order valence-corrected chi connectivity index (χ1v) is 7.80. The SMILES string of the molecule is CC(C)(C)OC(=O)OP(=O)(Cl)OC(=O)OC(C)(C)C. The average molecular weight is 317 g/mol. The van der Waals surface area contributed by atoms with Crippen LogP contribution in [0, 0.1) is 0 Å². The summed E-state index contributed by atoms with van der Waals surface area (Å²) in [5.41, 5.74) is -1.72. The molecule has 19 heavy (non-hydrogen) atoms. The van der Waals surface area contributed by atoms with Crippen LogP contribution >= 0.6 is 18.2 Å². The second-order valence-corrected chi connectivity index (χ2v) is 8.01. The lowest BCUT2D eigenvalue weighted by Crippen LogP contribution is -2.25. The van der Waals surface area contributed by atoms with Gasteiger partial charge in [0.1, 0.15) is 11.2 Å². The minimum absolute atomic E-state index is 0.861. The molecule has 0 bridgehead atoms. The summed E-state index contributed by atoms with van der Waals surface area (Å²) in [6.07, 6.45) is -2.62. The third-order valence-electron chi connectivity index (χ3n) is 1.15. The molecule has 7 nitrogen and oxygen atoms in total. The highest BCUT2D eigenvalue weighted by Crippen LogP contribution is 2.54. The van der Waals surface area contributed by atoms with Crippen molar-refractivity contribution in [2.24, 2.45) is 0 Å². The molecule has 0 N–H and O–H groups in total. The first-order valence-electron chi connectivity index (χ1n) is 5.35. The van der Waals surface area contributed by atoms with E-state index in [0.29, 0.717) is 0 Å². The number of rotatable bonds is 2. The fraction of sp³-hybridized carbons (Fsp3) is 0.800. The minimum Gasteiger partial charge on any atom is -0.428 e. The summed E-state index contributed by atoms with van der Waals surface area (Å²) < 4.78 is 29.4. The molecule has 0 aliphatic heterocycles. The van der Waals surface area contributed by atoms with Crippen molar-refractivity contribution in [2.45, 2.75) is 52.7 Å². The lowest BCUT2D eigenvalue weighted by Gasteiger charge is -2.21. The first kappa shape index (κ1) is 18.1. The molecule has 9 heteroatoms. The largest absolute Gasteiger partial charge is 0.539 e. The van der Waals surface area contributed by atoms with Crippen LogP contribution in [0.3, 0.4) is 0 Å². The summed E-state index contributed by atoms with van der Waals surface area (Å²) >= 11 is 5.29. The summed E-state index contributed by atoms with van der Waals surface area (Å²) in [6, 6.07) is 0. The summed E-state index contributed by atoms with van der Waals surface area (Å²) in [5, 5.41) is 0. The Morgan fingerprint density at radius 2 is 1.11 bits per heavy atom. The molecule has 0 unspecified atom stereocenters. The number of hydrogen-bond acceptors (Lipinski definition) is 7. The van der Waals surface area contributed by atoms with Gasteiger partial charge in [0.2, 0.25) is 0 Å². The van der Waals surface area contributed by atoms with E-state index < -0.39 is 30.5 Å². The molecular formula is C10H18ClO7P. The van der Waals surface area contributed by atoms with Crippen LogP contribution in [0.4, 0.5) is 9.59 Å². The fourth-order valence-corrected chi connectivity index (χ4v) is 1.54. The van der Waals surface area contributed by atoms with E-state index in [0.717, 1.165) is 0 Å². The van der Waals surface area contributed by atoms with Crippen molar-refractivity contribution in [3.8, 4) is 0 Å². The van der Waals surface area contributed by atoms with Crippen molar-refractivity contribution in [3.05, 3.63) is 0 Å². The molecule has 0 saturated heterocycles. The maximum absolute atomic E-state index is 11.5. The van der Waals surface area contributed by atoms with Crippen molar-refractivity contribution < 1.29 is 32.7 Å². The van der Waals surface area contributed by atoms with Gasteiger partial charge in [-0.3, -0.25) is 0 Å². The van der Waals surface area contributed by atoms with Gasteiger partial charge in [-0.2, -0.15) is 0 Å². The minimum atomic E-state index is -4.45. The Morgan fingerprint density at radius 1 is 0.842 bits per heavy atom. The number of hydrogen-bond donors (Lipinski definition) is 0. The van der Waals surface area contributed by atoms with Gasteiger partial charge >= 0.3 is 19.3 Å². The molecule has 112 valence electrons. The van der Waals surface area contributed by atoms with E-state index in [-0.39, 0.29) is 0 Å². The van der Waals surface area contributed by atoms with Gasteiger partial charge in [-0.25, -0.2) is 14.2 Å². The second-order valence-electron chi connectivity index (χ2n) is 5.54. The zero-order chi connectivity index (χ0) is 15.5. The van der Waals surface area contributed by atoms with E-state index in [1.165, 1.54) is 0 Å². The van der Waals surface area contributed by atoms with Crippen LogP contribution in [0.1, 0.15) is 41.5 Å². The van der Waals surface area contributed by atoms with Gasteiger partial charge in [0.05, 0.1) is 0 Å². The molecule has 0 radical (unpaired) electrons. The molecule has 0 fully saturated rings. The average Bonchev–Trinajstić information content (AvgIpc) is 1.89. The molecule has 0 heterocycles. The Labute approximate surface area is 116 Å². The van der Waals surface area contributed by atoms with Gasteiger partial charge in [0.25, 0.3) is 0 Å². The summed E-state index contributed by atoms with van der Waals surface area (Å²) in [6.45, 7) is 4.98. The zero-order valence-electron chi connectivity index (χ0n) is 11.7. The van der Waals surface area contributed by atoms with Crippen molar-refractivity contribution >= 4 is 30.5 Å². The van der Waals surface area contributed by atoms with E-state index in [9.17, 15) is 14.2 Å². The van der Waals surface area contributed by atoms with Crippen LogP contribution in [0.15, 0.2) is 0 Å². The van der Waals surface area contributed by atoms with E-state index in [4.69, 9.17) is 20.7 Å². The van der Waals surface area contributed by atoms with Crippen LogP contribution < -0.4 is 0 Å². The maximum Gasteiger partial charge on any atom is 0.539 e. The standard InChI is InChI=1S/C10H18ClO7P/c1-9(2,3)15-7(12)17-19(11,14)18-8(13)16-10(4,5)6/h1-6H3. The Morgan fingerprint density at radius 3 is 1.32 bits per heavy atom. The van der Waals surface area contributed by atoms with Gasteiger partial charge in [0, 0.05) is 11.2 Å². The molecule has 0 rings (SSSR count). The number of ether oxygens (including phenoxy) is 2. The number of carbonyl (C=O) groups is 2. The van der Waals surface area contributed by atoms with Gasteiger partial charge in [-0.1, -0.05) is 0 Å². The fourth-order valence-electron chi connectivity index (χ4n) is 0.734. The van der Waals surface area contributed by atoms with Gasteiger partial charge in [-0.05, 0) is 41.5 Å². The normalized spacial score (nSPS) is 12.6. The predicted octanol–water partition coefficient (Wildman–Crippen LogP) is 4.24. The predicted molar refractivity (Wildman–Crippen MR) is 68.1 cm³/mol. The summed E-state index contributed by atoms with van der Waals surface area (Å²) in [4.78, 5) is 22.4. The molecule has 0 aromatic heterocycles. The molecule has 0 atom stereocenters. The Hall–Kier alpha value is -0.940. The smallest absolute Gasteiger partial charge is 0.428 e. The van der Waals surface area contributed by atoms with E-state index in [1.807, 2.05) is 0 Å². The molecule has 0 aromatic carbocycles. The molecule has 0 aliphatic rings. The third kappa shape index (κ3) is 10.7. The Bertz CT molecular complexity index is 360. The van der Waals surface area contributed by atoms with Gasteiger partial charge < -0.3 is 18.5 Å². The zero-order valence-corrected chi connectivity index (χ0v) is 13.3. The Balaban J connectivity index is 4.45. The molecule has 0 amide bonds. The van der Waals surface area contributed by atoms with Gasteiger partial charge in [0.15, 0.2) is 0 Å². The third-order valence-corrected chi connectivity index (χ3v) is 2.29. The quantitative estimate of drug-likeness (QED) is 0.556. The van der Waals surface area contributed by atoms with Crippen LogP contribution in [-0.2, 0) is 23.1 Å². The lowest BCUT2D eigenvalue weighted by molar-refractivity contribution is 0.00903.